The first-order valence-electron chi connectivity index (χ1n) is 8.29. The number of nitrogens with one attached hydrogen (secondary N) is 1. The van der Waals surface area contributed by atoms with Crippen LogP contribution in [0.1, 0.15) is 28.3 Å². The summed E-state index contributed by atoms with van der Waals surface area (Å²) in [7, 11) is 3.26. The number of hydrogen-bond acceptors (Lipinski definition) is 5. The Balaban J connectivity index is 1.77. The molecule has 0 saturated carbocycles. The van der Waals surface area contributed by atoms with Crippen molar-refractivity contribution in [1.82, 2.24) is 9.78 Å². The van der Waals surface area contributed by atoms with Gasteiger partial charge in [0, 0.05) is 28.3 Å². The van der Waals surface area contributed by atoms with Gasteiger partial charge >= 0.3 is 0 Å². The third kappa shape index (κ3) is 2.94. The van der Waals surface area contributed by atoms with Crippen molar-refractivity contribution < 1.29 is 14.3 Å². The van der Waals surface area contributed by atoms with Crippen LogP contribution in [0.3, 0.4) is 0 Å². The Morgan fingerprint density at radius 2 is 2.15 bits per heavy atom. The van der Waals surface area contributed by atoms with Crippen molar-refractivity contribution in [3.63, 3.8) is 0 Å². The Hall–Kier alpha value is -2.80. The number of aromatic nitrogens is 2. The molecule has 1 aliphatic heterocycles. The normalized spacial score (nSPS) is 16.1. The molecule has 1 amide bonds. The molecule has 0 bridgehead atoms. The van der Waals surface area contributed by atoms with Crippen molar-refractivity contribution in [3.8, 4) is 11.5 Å². The summed E-state index contributed by atoms with van der Waals surface area (Å²) in [4.78, 5) is 13.6. The predicted octanol–water partition coefficient (Wildman–Crippen LogP) is 3.48. The van der Waals surface area contributed by atoms with Gasteiger partial charge in [0.1, 0.15) is 17.3 Å². The zero-order valence-corrected chi connectivity index (χ0v) is 15.4. The number of ether oxygens (including phenoxy) is 2. The molecule has 6 nitrogen and oxygen atoms in total. The molecule has 1 atom stereocenters. The first kappa shape index (κ1) is 16.7. The Kier molecular flexibility index (Phi) is 4.38. The van der Waals surface area contributed by atoms with Gasteiger partial charge in [-0.1, -0.05) is 6.07 Å². The van der Waals surface area contributed by atoms with Crippen LogP contribution in [0.2, 0.25) is 0 Å². The van der Waals surface area contributed by atoms with Crippen LogP contribution in [-0.4, -0.2) is 29.9 Å². The number of carbonyl (C=O) groups is 1. The summed E-state index contributed by atoms with van der Waals surface area (Å²) < 4.78 is 12.7. The van der Waals surface area contributed by atoms with Crippen LogP contribution in [0, 0.1) is 0 Å². The molecule has 0 radical (unpaired) electrons. The molecule has 3 aromatic rings. The van der Waals surface area contributed by atoms with Gasteiger partial charge in [-0.25, -0.2) is 4.68 Å². The highest BCUT2D eigenvalue weighted by Crippen LogP contribution is 2.42. The Bertz CT molecular complexity index is 934. The van der Waals surface area contributed by atoms with Crippen LogP contribution in [-0.2, 0) is 11.3 Å². The van der Waals surface area contributed by atoms with Crippen molar-refractivity contribution in [1.29, 1.82) is 0 Å². The molecule has 1 N–H and O–H groups in total. The van der Waals surface area contributed by atoms with E-state index >= 15 is 0 Å². The summed E-state index contributed by atoms with van der Waals surface area (Å²) >= 11 is 1.67. The maximum atomic E-state index is 12.4. The summed E-state index contributed by atoms with van der Waals surface area (Å²) in [5, 5.41) is 9.53. The van der Waals surface area contributed by atoms with Crippen LogP contribution in [0.5, 0.6) is 11.5 Å². The van der Waals surface area contributed by atoms with Crippen LogP contribution < -0.4 is 14.8 Å². The van der Waals surface area contributed by atoms with Crippen molar-refractivity contribution >= 4 is 23.1 Å². The molecule has 4 rings (SSSR count). The van der Waals surface area contributed by atoms with Gasteiger partial charge in [0.2, 0.25) is 5.91 Å². The Morgan fingerprint density at radius 3 is 2.88 bits per heavy atom. The summed E-state index contributed by atoms with van der Waals surface area (Å²) in [6.07, 6.45) is 2.19. The average Bonchev–Trinajstić information content (AvgIpc) is 3.31. The number of benzene rings is 1. The second kappa shape index (κ2) is 6.84. The lowest BCUT2D eigenvalue weighted by molar-refractivity contribution is -0.116. The fourth-order valence-corrected chi connectivity index (χ4v) is 4.02. The molecular weight excluding hydrogens is 350 g/mol. The van der Waals surface area contributed by atoms with E-state index in [1.54, 1.807) is 25.6 Å². The van der Waals surface area contributed by atoms with Crippen molar-refractivity contribution in [2.24, 2.45) is 0 Å². The van der Waals surface area contributed by atoms with Crippen LogP contribution >= 0.6 is 11.3 Å². The van der Waals surface area contributed by atoms with Gasteiger partial charge in [0.05, 0.1) is 27.0 Å². The van der Waals surface area contributed by atoms with E-state index < -0.39 is 0 Å². The smallest absolute Gasteiger partial charge is 0.226 e. The molecule has 1 aromatic carbocycles. The van der Waals surface area contributed by atoms with Gasteiger partial charge in [0.15, 0.2) is 0 Å². The first-order valence-corrected chi connectivity index (χ1v) is 9.17. The van der Waals surface area contributed by atoms with E-state index in [9.17, 15) is 4.79 Å². The molecule has 7 heteroatoms. The number of fused-ring (bicyclic) bond motifs is 1. The van der Waals surface area contributed by atoms with E-state index in [1.807, 2.05) is 40.5 Å². The Morgan fingerprint density at radius 1 is 1.27 bits per heavy atom. The zero-order valence-electron chi connectivity index (χ0n) is 14.6. The minimum atomic E-state index is -0.124. The lowest BCUT2D eigenvalue weighted by atomic mass is 9.86. The number of rotatable bonds is 5. The first-order chi connectivity index (χ1) is 12.7. The zero-order chi connectivity index (χ0) is 18.1. The van der Waals surface area contributed by atoms with E-state index in [0.29, 0.717) is 13.0 Å². The molecule has 2 aromatic heterocycles. The molecule has 3 heterocycles. The van der Waals surface area contributed by atoms with Crippen LogP contribution in [0.25, 0.3) is 0 Å². The molecule has 0 aliphatic carbocycles. The molecule has 1 aliphatic rings. The molecule has 0 saturated heterocycles. The quantitative estimate of drug-likeness (QED) is 0.748. The average molecular weight is 369 g/mol. The highest BCUT2D eigenvalue weighted by Gasteiger charge is 2.32. The molecule has 0 spiro atoms. The van der Waals surface area contributed by atoms with Crippen molar-refractivity contribution in [2.45, 2.75) is 18.9 Å². The van der Waals surface area contributed by atoms with Gasteiger partial charge < -0.3 is 14.8 Å². The number of methoxy groups -OCH3 is 2. The fraction of sp³-hybridized carbons (Fsp3) is 0.263. The van der Waals surface area contributed by atoms with Gasteiger partial charge in [-0.15, -0.1) is 11.3 Å². The highest BCUT2D eigenvalue weighted by molar-refractivity contribution is 7.09. The van der Waals surface area contributed by atoms with E-state index in [0.717, 1.165) is 28.4 Å². The minimum Gasteiger partial charge on any atom is -0.497 e. The molecule has 134 valence electrons. The van der Waals surface area contributed by atoms with E-state index in [1.165, 1.54) is 4.88 Å². The third-order valence-electron chi connectivity index (χ3n) is 4.59. The molecular formula is C19H19N3O3S. The van der Waals surface area contributed by atoms with Crippen molar-refractivity contribution in [3.05, 3.63) is 57.9 Å². The second-order valence-electron chi connectivity index (χ2n) is 6.10. The number of thiophene rings is 1. The van der Waals surface area contributed by atoms with Gasteiger partial charge in [-0.2, -0.15) is 5.10 Å². The van der Waals surface area contributed by atoms with Crippen LogP contribution in [0.4, 0.5) is 5.82 Å². The van der Waals surface area contributed by atoms with Crippen LogP contribution in [0.15, 0.2) is 41.9 Å². The lowest BCUT2D eigenvalue weighted by Gasteiger charge is -2.25. The fourth-order valence-electron chi connectivity index (χ4n) is 3.33. The number of nitrogens with zero attached hydrogens (tertiary/aromatic N) is 2. The van der Waals surface area contributed by atoms with E-state index in [-0.39, 0.29) is 11.8 Å². The maximum absolute atomic E-state index is 12.4. The maximum Gasteiger partial charge on any atom is 0.226 e. The standard InChI is InChI=1S/C19H19N3O3S/c1-24-12-5-6-17(25-2)15(8-12)14-9-18(23)21-19-16(14)10-20-22(19)11-13-4-3-7-26-13/h3-8,10,14H,9,11H2,1-2H3,(H,21,23). The van der Waals surface area contributed by atoms with Gasteiger partial charge in [0.25, 0.3) is 0 Å². The SMILES string of the molecule is COc1ccc(OC)c(C2CC(=O)Nc3c2cnn3Cc2cccs2)c1. The number of anilines is 1. The summed E-state index contributed by atoms with van der Waals surface area (Å²) in [5.74, 6) is 2.08. The number of carbonyl (C=O) groups excluding carboxylic acids is 1. The highest BCUT2D eigenvalue weighted by atomic mass is 32.1. The largest absolute Gasteiger partial charge is 0.497 e. The van der Waals surface area contributed by atoms with Crippen molar-refractivity contribution in [2.75, 3.05) is 19.5 Å². The third-order valence-corrected chi connectivity index (χ3v) is 5.45. The van der Waals surface area contributed by atoms with Gasteiger partial charge in [-0.3, -0.25) is 4.79 Å². The predicted molar refractivity (Wildman–Crippen MR) is 100 cm³/mol. The summed E-state index contributed by atoms with van der Waals surface area (Å²) in [6.45, 7) is 0.634. The topological polar surface area (TPSA) is 65.4 Å². The summed E-state index contributed by atoms with van der Waals surface area (Å²) in [5.41, 5.74) is 1.92. The second-order valence-corrected chi connectivity index (χ2v) is 7.13. The minimum absolute atomic E-state index is 0.0275. The Labute approximate surface area is 155 Å². The number of amides is 1. The molecule has 26 heavy (non-hydrogen) atoms. The van der Waals surface area contributed by atoms with E-state index in [2.05, 4.69) is 16.5 Å². The van der Waals surface area contributed by atoms with Gasteiger partial charge in [-0.05, 0) is 29.6 Å². The number of hydrogen-bond donors (Lipinski definition) is 1. The summed E-state index contributed by atoms with van der Waals surface area (Å²) in [6, 6.07) is 9.73. The monoisotopic (exact) mass is 369 g/mol. The molecule has 1 unspecified atom stereocenters. The molecule has 0 fully saturated rings. The van der Waals surface area contributed by atoms with E-state index in [4.69, 9.17) is 9.47 Å². The lowest BCUT2D eigenvalue weighted by Crippen LogP contribution is -2.25.